The number of aromatic carboxylic acids is 1. The highest BCUT2D eigenvalue weighted by Gasteiger charge is 2.18. The molecule has 2 aromatic rings. The molecule has 1 saturated heterocycles. The van der Waals surface area contributed by atoms with Gasteiger partial charge < -0.3 is 14.6 Å². The molecule has 4 nitrogen and oxygen atoms in total. The largest absolute Gasteiger partial charge is 0.478 e. The molecule has 0 atom stereocenters. The van der Waals surface area contributed by atoms with Crippen molar-refractivity contribution >= 4 is 16.9 Å². The number of benzene rings is 1. The Morgan fingerprint density at radius 2 is 1.96 bits per heavy atom. The van der Waals surface area contributed by atoms with Gasteiger partial charge in [0, 0.05) is 24.7 Å². The van der Waals surface area contributed by atoms with Crippen molar-refractivity contribution in [3.05, 3.63) is 35.0 Å². The standard InChI is InChI=1S/C19H26N2O2/c1-3-7-21-13-15(6-10-20-8-4-5-9-20)16-11-14(2)12-17(18(16)21)19(22)23/h11-13H,3-10H2,1-2H3,(H,22,23). The van der Waals surface area contributed by atoms with Crippen molar-refractivity contribution in [1.29, 1.82) is 0 Å². The molecular formula is C19H26N2O2. The lowest BCUT2D eigenvalue weighted by molar-refractivity contribution is 0.0698. The van der Waals surface area contributed by atoms with Gasteiger partial charge in [-0.15, -0.1) is 0 Å². The summed E-state index contributed by atoms with van der Waals surface area (Å²) in [5, 5.41) is 10.7. The van der Waals surface area contributed by atoms with Crippen molar-refractivity contribution < 1.29 is 9.90 Å². The fraction of sp³-hybridized carbons (Fsp3) is 0.526. The van der Waals surface area contributed by atoms with Crippen LogP contribution in [-0.4, -0.2) is 40.2 Å². The van der Waals surface area contributed by atoms with Crippen molar-refractivity contribution in [2.24, 2.45) is 0 Å². The second kappa shape index (κ2) is 6.75. The molecule has 0 spiro atoms. The molecule has 3 rings (SSSR count). The van der Waals surface area contributed by atoms with Crippen molar-refractivity contribution in [3.63, 3.8) is 0 Å². The SMILES string of the molecule is CCCn1cc(CCN2CCCC2)c2cc(C)cc(C(=O)O)c21. The van der Waals surface area contributed by atoms with E-state index in [4.69, 9.17) is 0 Å². The molecule has 2 heterocycles. The molecule has 124 valence electrons. The second-order valence-corrected chi connectivity index (χ2v) is 6.66. The zero-order valence-electron chi connectivity index (χ0n) is 14.1. The molecule has 0 bridgehead atoms. The van der Waals surface area contributed by atoms with E-state index in [1.807, 2.05) is 6.92 Å². The molecule has 1 N–H and O–H groups in total. The van der Waals surface area contributed by atoms with Crippen molar-refractivity contribution in [2.45, 2.75) is 46.1 Å². The van der Waals surface area contributed by atoms with Crippen LogP contribution in [-0.2, 0) is 13.0 Å². The zero-order chi connectivity index (χ0) is 16.4. The topological polar surface area (TPSA) is 45.5 Å². The third-order valence-corrected chi connectivity index (χ3v) is 4.79. The van der Waals surface area contributed by atoms with Gasteiger partial charge in [0.2, 0.25) is 0 Å². The third kappa shape index (κ3) is 3.27. The number of hydrogen-bond acceptors (Lipinski definition) is 2. The van der Waals surface area contributed by atoms with Crippen molar-refractivity contribution in [3.8, 4) is 0 Å². The molecule has 1 fully saturated rings. The molecular weight excluding hydrogens is 288 g/mol. The van der Waals surface area contributed by atoms with Gasteiger partial charge in [-0.2, -0.15) is 0 Å². The fourth-order valence-corrected chi connectivity index (χ4v) is 3.72. The van der Waals surface area contributed by atoms with Crippen LogP contribution in [0, 0.1) is 6.92 Å². The summed E-state index contributed by atoms with van der Waals surface area (Å²) in [6, 6.07) is 3.94. The van der Waals surface area contributed by atoms with Gasteiger partial charge in [0.1, 0.15) is 0 Å². The van der Waals surface area contributed by atoms with Crippen molar-refractivity contribution in [1.82, 2.24) is 9.47 Å². The summed E-state index contributed by atoms with van der Waals surface area (Å²) in [5.41, 5.74) is 3.63. The summed E-state index contributed by atoms with van der Waals surface area (Å²) >= 11 is 0. The Morgan fingerprint density at radius 1 is 1.22 bits per heavy atom. The van der Waals surface area contributed by atoms with Crippen LogP contribution in [0.2, 0.25) is 0 Å². The van der Waals surface area contributed by atoms with Crippen LogP contribution in [0.3, 0.4) is 0 Å². The number of nitrogens with zero attached hydrogens (tertiary/aromatic N) is 2. The van der Waals surface area contributed by atoms with E-state index in [9.17, 15) is 9.90 Å². The minimum Gasteiger partial charge on any atom is -0.478 e. The Morgan fingerprint density at radius 3 is 2.61 bits per heavy atom. The summed E-state index contributed by atoms with van der Waals surface area (Å²) in [5.74, 6) is -0.833. The van der Waals surface area contributed by atoms with Gasteiger partial charge in [0.05, 0.1) is 11.1 Å². The van der Waals surface area contributed by atoms with Crippen LogP contribution in [0.15, 0.2) is 18.3 Å². The number of fused-ring (bicyclic) bond motifs is 1. The number of carboxylic acid groups (broad SMARTS) is 1. The minimum absolute atomic E-state index is 0.431. The number of rotatable bonds is 6. The maximum Gasteiger partial charge on any atom is 0.337 e. The Kier molecular flexibility index (Phi) is 4.71. The van der Waals surface area contributed by atoms with Crippen LogP contribution in [0.4, 0.5) is 0 Å². The predicted molar refractivity (Wildman–Crippen MR) is 93.3 cm³/mol. The molecule has 4 heteroatoms. The summed E-state index contributed by atoms with van der Waals surface area (Å²) in [6.45, 7) is 8.45. The quantitative estimate of drug-likeness (QED) is 0.884. The smallest absolute Gasteiger partial charge is 0.337 e. The molecule has 1 aliphatic heterocycles. The number of hydrogen-bond donors (Lipinski definition) is 1. The molecule has 1 aromatic heterocycles. The first-order valence-electron chi connectivity index (χ1n) is 8.68. The average Bonchev–Trinajstić information content (AvgIpc) is 3.13. The second-order valence-electron chi connectivity index (χ2n) is 6.66. The van der Waals surface area contributed by atoms with E-state index in [1.165, 1.54) is 31.5 Å². The first kappa shape index (κ1) is 16.1. The van der Waals surface area contributed by atoms with Crippen LogP contribution >= 0.6 is 0 Å². The average molecular weight is 314 g/mol. The Labute approximate surface area is 137 Å². The van der Waals surface area contributed by atoms with Gasteiger partial charge in [-0.25, -0.2) is 4.79 Å². The molecule has 0 radical (unpaired) electrons. The third-order valence-electron chi connectivity index (χ3n) is 4.79. The van der Waals surface area contributed by atoms with E-state index in [0.717, 1.165) is 42.4 Å². The number of likely N-dealkylation sites (tertiary alicyclic amines) is 1. The number of aryl methyl sites for hydroxylation is 2. The first-order chi connectivity index (χ1) is 11.1. The van der Waals surface area contributed by atoms with Crippen LogP contribution < -0.4 is 0 Å². The molecule has 0 saturated carbocycles. The molecule has 0 unspecified atom stereocenters. The zero-order valence-corrected chi connectivity index (χ0v) is 14.1. The van der Waals surface area contributed by atoms with Gasteiger partial charge in [0.15, 0.2) is 0 Å². The summed E-state index contributed by atoms with van der Waals surface area (Å²) < 4.78 is 2.14. The summed E-state index contributed by atoms with van der Waals surface area (Å²) in [7, 11) is 0. The lowest BCUT2D eigenvalue weighted by Crippen LogP contribution is -2.21. The molecule has 0 amide bonds. The van der Waals surface area contributed by atoms with Gasteiger partial charge in [-0.1, -0.05) is 6.92 Å². The first-order valence-corrected chi connectivity index (χ1v) is 8.68. The molecule has 0 aliphatic carbocycles. The number of carboxylic acids is 1. The summed E-state index contributed by atoms with van der Waals surface area (Å²) in [4.78, 5) is 14.2. The van der Waals surface area contributed by atoms with Crippen LogP contribution in [0.1, 0.15) is 47.7 Å². The highest BCUT2D eigenvalue weighted by atomic mass is 16.4. The van der Waals surface area contributed by atoms with E-state index < -0.39 is 5.97 Å². The molecule has 23 heavy (non-hydrogen) atoms. The summed E-state index contributed by atoms with van der Waals surface area (Å²) in [6.07, 6.45) is 6.79. The Bertz CT molecular complexity index is 712. The lowest BCUT2D eigenvalue weighted by Gasteiger charge is -2.13. The number of aromatic nitrogens is 1. The number of carbonyl (C=O) groups is 1. The van der Waals surface area contributed by atoms with Gasteiger partial charge in [0.25, 0.3) is 0 Å². The van der Waals surface area contributed by atoms with E-state index in [-0.39, 0.29) is 0 Å². The van der Waals surface area contributed by atoms with Crippen LogP contribution in [0.5, 0.6) is 0 Å². The highest BCUT2D eigenvalue weighted by Crippen LogP contribution is 2.28. The van der Waals surface area contributed by atoms with E-state index in [2.05, 4.69) is 28.7 Å². The van der Waals surface area contributed by atoms with Gasteiger partial charge in [-0.3, -0.25) is 0 Å². The molecule has 1 aliphatic rings. The predicted octanol–water partition coefficient (Wildman–Crippen LogP) is 3.70. The van der Waals surface area contributed by atoms with Crippen LogP contribution in [0.25, 0.3) is 10.9 Å². The fourth-order valence-electron chi connectivity index (χ4n) is 3.72. The maximum atomic E-state index is 11.7. The monoisotopic (exact) mass is 314 g/mol. The van der Waals surface area contributed by atoms with E-state index in [0.29, 0.717) is 5.56 Å². The Balaban J connectivity index is 2.01. The highest BCUT2D eigenvalue weighted by molar-refractivity contribution is 6.03. The van der Waals surface area contributed by atoms with Crippen molar-refractivity contribution in [2.75, 3.05) is 19.6 Å². The van der Waals surface area contributed by atoms with Gasteiger partial charge >= 0.3 is 5.97 Å². The Hall–Kier alpha value is -1.81. The van der Waals surface area contributed by atoms with E-state index >= 15 is 0 Å². The lowest BCUT2D eigenvalue weighted by atomic mass is 10.0. The van der Waals surface area contributed by atoms with E-state index in [1.54, 1.807) is 6.07 Å². The minimum atomic E-state index is -0.833. The van der Waals surface area contributed by atoms with Gasteiger partial charge in [-0.05, 0) is 69.0 Å². The normalized spacial score (nSPS) is 15.6. The molecule has 1 aromatic carbocycles. The maximum absolute atomic E-state index is 11.7.